The summed E-state index contributed by atoms with van der Waals surface area (Å²) in [5.74, 6) is -0.436. The smallest absolute Gasteiger partial charge is 0.326 e. The van der Waals surface area contributed by atoms with E-state index in [1.165, 1.54) is 19.3 Å². The van der Waals surface area contributed by atoms with Gasteiger partial charge in [-0.15, -0.1) is 0 Å². The summed E-state index contributed by atoms with van der Waals surface area (Å²) in [6.45, 7) is 2.67. The largest absolute Gasteiger partial charge is 0.480 e. The molecule has 0 bridgehead atoms. The maximum atomic E-state index is 12.7. The van der Waals surface area contributed by atoms with Crippen LogP contribution >= 0.6 is 0 Å². The molecule has 2 unspecified atom stereocenters. The Kier molecular flexibility index (Phi) is 5.48. The molecule has 2 rings (SSSR count). The van der Waals surface area contributed by atoms with E-state index in [1.807, 2.05) is 7.05 Å². The highest BCUT2D eigenvalue weighted by atomic mass is 16.4. The third-order valence-corrected chi connectivity index (χ3v) is 5.24. The van der Waals surface area contributed by atoms with Crippen molar-refractivity contribution in [2.75, 3.05) is 13.6 Å². The number of carboxylic acid groups (broad SMARTS) is 1. The van der Waals surface area contributed by atoms with E-state index in [2.05, 4.69) is 6.92 Å². The zero-order valence-corrected chi connectivity index (χ0v) is 13.3. The van der Waals surface area contributed by atoms with Gasteiger partial charge in [0.25, 0.3) is 0 Å². The van der Waals surface area contributed by atoms with Gasteiger partial charge in [0.05, 0.1) is 0 Å². The maximum Gasteiger partial charge on any atom is 0.326 e. The molecule has 21 heavy (non-hydrogen) atoms. The lowest BCUT2D eigenvalue weighted by Gasteiger charge is -2.41. The number of carbonyl (C=O) groups is 2. The maximum absolute atomic E-state index is 12.7. The minimum absolute atomic E-state index is 0.0937. The molecule has 0 spiro atoms. The van der Waals surface area contributed by atoms with Gasteiger partial charge >= 0.3 is 12.0 Å². The summed E-state index contributed by atoms with van der Waals surface area (Å²) in [6, 6.07) is -0.462. The minimum atomic E-state index is -0.862. The van der Waals surface area contributed by atoms with Crippen molar-refractivity contribution in [3.63, 3.8) is 0 Å². The van der Waals surface area contributed by atoms with Gasteiger partial charge in [0, 0.05) is 19.6 Å². The van der Waals surface area contributed by atoms with Crippen molar-refractivity contribution in [1.82, 2.24) is 9.80 Å². The lowest BCUT2D eigenvalue weighted by molar-refractivity contribution is -0.144. The van der Waals surface area contributed by atoms with E-state index < -0.39 is 12.0 Å². The molecule has 1 aliphatic heterocycles. The molecule has 1 N–H and O–H groups in total. The van der Waals surface area contributed by atoms with Gasteiger partial charge in [0.1, 0.15) is 6.04 Å². The van der Waals surface area contributed by atoms with Crippen LogP contribution in [-0.4, -0.2) is 52.6 Å². The predicted octanol–water partition coefficient (Wildman–Crippen LogP) is 2.95. The molecule has 0 radical (unpaired) electrons. The molecular weight excluding hydrogens is 268 g/mol. The number of nitrogens with zero attached hydrogens (tertiary/aromatic N) is 2. The van der Waals surface area contributed by atoms with E-state index >= 15 is 0 Å². The molecule has 1 heterocycles. The highest BCUT2D eigenvalue weighted by molar-refractivity contribution is 5.83. The van der Waals surface area contributed by atoms with Crippen molar-refractivity contribution < 1.29 is 14.7 Å². The average Bonchev–Trinajstić information content (AvgIpc) is 2.53. The fraction of sp³-hybridized carbons (Fsp3) is 0.875. The SMILES string of the molecule is CCC1CCN(C(=O)N(C)C2CCCCC2)C(C(=O)O)C1. The summed E-state index contributed by atoms with van der Waals surface area (Å²) in [5.41, 5.74) is 0. The van der Waals surface area contributed by atoms with Gasteiger partial charge < -0.3 is 14.9 Å². The first-order valence-corrected chi connectivity index (χ1v) is 8.30. The highest BCUT2D eigenvalue weighted by Crippen LogP contribution is 2.28. The number of hydrogen-bond acceptors (Lipinski definition) is 2. The van der Waals surface area contributed by atoms with E-state index in [-0.39, 0.29) is 12.1 Å². The molecule has 5 heteroatoms. The Morgan fingerprint density at radius 2 is 1.86 bits per heavy atom. The molecule has 120 valence electrons. The van der Waals surface area contributed by atoms with Crippen LogP contribution in [0.2, 0.25) is 0 Å². The molecule has 2 amide bonds. The van der Waals surface area contributed by atoms with Crippen LogP contribution < -0.4 is 0 Å². The van der Waals surface area contributed by atoms with Gasteiger partial charge in [-0.2, -0.15) is 0 Å². The summed E-state index contributed by atoms with van der Waals surface area (Å²) in [5, 5.41) is 9.45. The summed E-state index contributed by atoms with van der Waals surface area (Å²) in [6.07, 6.45) is 8.19. The molecule has 0 aromatic heterocycles. The van der Waals surface area contributed by atoms with Gasteiger partial charge in [-0.25, -0.2) is 9.59 Å². The van der Waals surface area contributed by atoms with E-state index in [1.54, 1.807) is 9.80 Å². The van der Waals surface area contributed by atoms with E-state index in [0.29, 0.717) is 18.9 Å². The molecular formula is C16H28N2O3. The molecule has 1 saturated heterocycles. The molecule has 2 fully saturated rings. The molecule has 0 aromatic rings. The summed E-state index contributed by atoms with van der Waals surface area (Å²) >= 11 is 0. The third kappa shape index (κ3) is 3.69. The van der Waals surface area contributed by atoms with Gasteiger partial charge in [0.15, 0.2) is 0 Å². The first kappa shape index (κ1) is 16.1. The average molecular weight is 296 g/mol. The first-order valence-electron chi connectivity index (χ1n) is 8.30. The Morgan fingerprint density at radius 1 is 1.19 bits per heavy atom. The zero-order chi connectivity index (χ0) is 15.4. The number of hydrogen-bond donors (Lipinski definition) is 1. The Labute approximate surface area is 127 Å². The van der Waals surface area contributed by atoms with Crippen LogP contribution in [0.5, 0.6) is 0 Å². The van der Waals surface area contributed by atoms with Crippen molar-refractivity contribution in [3.05, 3.63) is 0 Å². The minimum Gasteiger partial charge on any atom is -0.480 e. The Morgan fingerprint density at radius 3 is 2.43 bits per heavy atom. The Bertz CT molecular complexity index is 380. The number of amides is 2. The van der Waals surface area contributed by atoms with Gasteiger partial charge in [-0.3, -0.25) is 0 Å². The second kappa shape index (κ2) is 7.14. The number of piperidine rings is 1. The van der Waals surface area contributed by atoms with Crippen molar-refractivity contribution in [1.29, 1.82) is 0 Å². The van der Waals surface area contributed by atoms with Crippen LogP contribution in [0, 0.1) is 5.92 Å². The van der Waals surface area contributed by atoms with Crippen molar-refractivity contribution in [2.45, 2.75) is 70.4 Å². The summed E-state index contributed by atoms with van der Waals surface area (Å²) in [7, 11) is 1.84. The highest BCUT2D eigenvalue weighted by Gasteiger charge is 2.38. The number of likely N-dealkylation sites (tertiary alicyclic amines) is 1. The van der Waals surface area contributed by atoms with Crippen LogP contribution in [0.25, 0.3) is 0 Å². The van der Waals surface area contributed by atoms with Crippen LogP contribution in [0.15, 0.2) is 0 Å². The van der Waals surface area contributed by atoms with Gasteiger partial charge in [-0.1, -0.05) is 32.6 Å². The fourth-order valence-corrected chi connectivity index (χ4v) is 3.70. The monoisotopic (exact) mass is 296 g/mol. The van der Waals surface area contributed by atoms with E-state index in [4.69, 9.17) is 0 Å². The van der Waals surface area contributed by atoms with Crippen molar-refractivity contribution in [3.8, 4) is 0 Å². The lowest BCUT2D eigenvalue weighted by Crippen LogP contribution is -2.55. The standard InChI is InChI=1S/C16H28N2O3/c1-3-12-9-10-18(14(11-12)15(19)20)16(21)17(2)13-7-5-4-6-8-13/h12-14H,3-11H2,1-2H3,(H,19,20). The van der Waals surface area contributed by atoms with Gasteiger partial charge in [0.2, 0.25) is 0 Å². The third-order valence-electron chi connectivity index (χ3n) is 5.24. The first-order chi connectivity index (χ1) is 10.0. The quantitative estimate of drug-likeness (QED) is 0.871. The van der Waals surface area contributed by atoms with E-state index in [9.17, 15) is 14.7 Å². The van der Waals surface area contributed by atoms with Crippen molar-refractivity contribution >= 4 is 12.0 Å². The number of carbonyl (C=O) groups excluding carboxylic acids is 1. The lowest BCUT2D eigenvalue weighted by atomic mass is 9.89. The summed E-state index contributed by atoms with van der Waals surface area (Å²) < 4.78 is 0. The Hall–Kier alpha value is -1.26. The molecule has 0 aromatic carbocycles. The van der Waals surface area contributed by atoms with Crippen LogP contribution in [0.1, 0.15) is 58.3 Å². The normalized spacial score (nSPS) is 27.4. The van der Waals surface area contributed by atoms with E-state index in [0.717, 1.165) is 25.7 Å². The molecule has 1 aliphatic carbocycles. The second-order valence-electron chi connectivity index (χ2n) is 6.53. The fourth-order valence-electron chi connectivity index (χ4n) is 3.70. The number of rotatable bonds is 3. The van der Waals surface area contributed by atoms with Crippen LogP contribution in [0.3, 0.4) is 0 Å². The zero-order valence-electron chi connectivity index (χ0n) is 13.3. The van der Waals surface area contributed by atoms with Crippen molar-refractivity contribution in [2.24, 2.45) is 5.92 Å². The number of urea groups is 1. The molecule has 1 saturated carbocycles. The molecule has 2 atom stereocenters. The van der Waals surface area contributed by atoms with Crippen LogP contribution in [0.4, 0.5) is 4.79 Å². The topological polar surface area (TPSA) is 60.9 Å². The second-order valence-corrected chi connectivity index (χ2v) is 6.53. The van der Waals surface area contributed by atoms with Gasteiger partial charge in [-0.05, 0) is 31.6 Å². The summed E-state index contributed by atoms with van der Waals surface area (Å²) in [4.78, 5) is 27.6. The predicted molar refractivity (Wildman–Crippen MR) is 81.2 cm³/mol. The molecule has 5 nitrogen and oxygen atoms in total. The van der Waals surface area contributed by atoms with Crippen LogP contribution in [-0.2, 0) is 4.79 Å². The Balaban J connectivity index is 2.03. The molecule has 2 aliphatic rings. The number of carboxylic acids is 1. The number of aliphatic carboxylic acids is 1.